The summed E-state index contributed by atoms with van der Waals surface area (Å²) in [6.45, 7) is 2.01. The standard InChI is InChI=1S/C19H15N3O/c1-13-17(14-8-4-2-5-9-14)22-18(20-13)16-12-23-19(21-16)15-10-6-3-7-11-15/h2-12H,1H3,(H,20,22). The molecule has 4 heteroatoms. The van der Waals surface area contributed by atoms with E-state index in [1.165, 1.54) is 0 Å². The van der Waals surface area contributed by atoms with Crippen LogP contribution < -0.4 is 0 Å². The smallest absolute Gasteiger partial charge is 0.226 e. The molecule has 0 radical (unpaired) electrons. The highest BCUT2D eigenvalue weighted by atomic mass is 16.3. The lowest BCUT2D eigenvalue weighted by molar-refractivity contribution is 0.575. The number of aryl methyl sites for hydroxylation is 1. The first-order chi connectivity index (χ1) is 11.3. The monoisotopic (exact) mass is 301 g/mol. The van der Waals surface area contributed by atoms with Gasteiger partial charge in [-0.1, -0.05) is 48.5 Å². The summed E-state index contributed by atoms with van der Waals surface area (Å²) in [6.07, 6.45) is 1.63. The van der Waals surface area contributed by atoms with Gasteiger partial charge in [0.1, 0.15) is 12.0 Å². The van der Waals surface area contributed by atoms with Crippen LogP contribution in [0.5, 0.6) is 0 Å². The van der Waals surface area contributed by atoms with E-state index in [9.17, 15) is 0 Å². The molecule has 4 aromatic rings. The van der Waals surface area contributed by atoms with Crippen LogP contribution in [0.1, 0.15) is 5.69 Å². The predicted molar refractivity (Wildman–Crippen MR) is 89.7 cm³/mol. The quantitative estimate of drug-likeness (QED) is 0.596. The molecule has 0 fully saturated rings. The Balaban J connectivity index is 1.71. The van der Waals surface area contributed by atoms with Gasteiger partial charge < -0.3 is 9.40 Å². The van der Waals surface area contributed by atoms with Crippen molar-refractivity contribution in [2.24, 2.45) is 0 Å². The van der Waals surface area contributed by atoms with Gasteiger partial charge in [0, 0.05) is 16.8 Å². The van der Waals surface area contributed by atoms with Gasteiger partial charge in [0.2, 0.25) is 5.89 Å². The zero-order valence-corrected chi connectivity index (χ0v) is 12.7. The van der Waals surface area contributed by atoms with Crippen LogP contribution >= 0.6 is 0 Å². The minimum Gasteiger partial charge on any atom is -0.444 e. The molecule has 0 aliphatic rings. The van der Waals surface area contributed by atoms with Crippen LogP contribution in [0.15, 0.2) is 71.3 Å². The van der Waals surface area contributed by atoms with Crippen molar-refractivity contribution in [1.29, 1.82) is 0 Å². The number of aromatic nitrogens is 3. The van der Waals surface area contributed by atoms with Crippen molar-refractivity contribution in [3.05, 3.63) is 72.6 Å². The molecule has 0 saturated carbocycles. The van der Waals surface area contributed by atoms with Crippen molar-refractivity contribution >= 4 is 0 Å². The third-order valence-electron chi connectivity index (χ3n) is 3.70. The van der Waals surface area contributed by atoms with Crippen molar-refractivity contribution in [2.45, 2.75) is 6.92 Å². The van der Waals surface area contributed by atoms with Crippen molar-refractivity contribution < 1.29 is 4.42 Å². The molecule has 0 saturated heterocycles. The molecule has 112 valence electrons. The summed E-state index contributed by atoms with van der Waals surface area (Å²) < 4.78 is 5.59. The van der Waals surface area contributed by atoms with Crippen LogP contribution in [0.2, 0.25) is 0 Å². The molecule has 23 heavy (non-hydrogen) atoms. The third-order valence-corrected chi connectivity index (χ3v) is 3.70. The number of oxazole rings is 1. The minimum absolute atomic E-state index is 0.593. The van der Waals surface area contributed by atoms with E-state index in [-0.39, 0.29) is 0 Å². The van der Waals surface area contributed by atoms with E-state index in [4.69, 9.17) is 4.42 Å². The second-order valence-corrected chi connectivity index (χ2v) is 5.33. The van der Waals surface area contributed by atoms with Crippen molar-refractivity contribution in [3.8, 4) is 34.2 Å². The van der Waals surface area contributed by atoms with Gasteiger partial charge >= 0.3 is 0 Å². The highest BCUT2D eigenvalue weighted by molar-refractivity contribution is 5.66. The topological polar surface area (TPSA) is 54.7 Å². The fraction of sp³-hybridized carbons (Fsp3) is 0.0526. The number of nitrogens with one attached hydrogen (secondary N) is 1. The van der Waals surface area contributed by atoms with Crippen LogP contribution in [-0.4, -0.2) is 15.0 Å². The molecule has 0 atom stereocenters. The van der Waals surface area contributed by atoms with Crippen LogP contribution in [0.4, 0.5) is 0 Å². The van der Waals surface area contributed by atoms with Crippen LogP contribution in [0.25, 0.3) is 34.2 Å². The van der Waals surface area contributed by atoms with E-state index in [0.29, 0.717) is 17.4 Å². The molecule has 0 unspecified atom stereocenters. The summed E-state index contributed by atoms with van der Waals surface area (Å²) in [5.74, 6) is 1.31. The molecule has 0 amide bonds. The number of hydrogen-bond donors (Lipinski definition) is 1. The Morgan fingerprint density at radius 1 is 0.826 bits per heavy atom. The number of benzene rings is 2. The van der Waals surface area contributed by atoms with E-state index >= 15 is 0 Å². The van der Waals surface area contributed by atoms with E-state index < -0.39 is 0 Å². The maximum atomic E-state index is 5.59. The fourth-order valence-corrected chi connectivity index (χ4v) is 2.55. The normalized spacial score (nSPS) is 10.8. The Kier molecular flexibility index (Phi) is 3.27. The predicted octanol–water partition coefficient (Wildman–Crippen LogP) is 4.71. The van der Waals surface area contributed by atoms with Gasteiger partial charge in [0.05, 0.1) is 5.69 Å². The average molecular weight is 301 g/mol. The van der Waals surface area contributed by atoms with Gasteiger partial charge in [-0.25, -0.2) is 9.97 Å². The Hall–Kier alpha value is -3.14. The van der Waals surface area contributed by atoms with Crippen LogP contribution in [0.3, 0.4) is 0 Å². The van der Waals surface area contributed by atoms with Crippen molar-refractivity contribution in [1.82, 2.24) is 15.0 Å². The maximum absolute atomic E-state index is 5.59. The van der Waals surface area contributed by atoms with E-state index in [1.54, 1.807) is 6.26 Å². The number of hydrogen-bond acceptors (Lipinski definition) is 3. The Labute approximate surface area is 133 Å². The van der Waals surface area contributed by atoms with Gasteiger partial charge in [-0.2, -0.15) is 0 Å². The van der Waals surface area contributed by atoms with Crippen molar-refractivity contribution in [2.75, 3.05) is 0 Å². The molecule has 2 aromatic heterocycles. The Bertz CT molecular complexity index is 924. The molecule has 0 aliphatic carbocycles. The Morgan fingerprint density at radius 3 is 2.17 bits per heavy atom. The molecule has 0 bridgehead atoms. The molecule has 4 nitrogen and oxygen atoms in total. The first-order valence-corrected chi connectivity index (χ1v) is 7.44. The molecule has 1 N–H and O–H groups in total. The summed E-state index contributed by atoms with van der Waals surface area (Å²) >= 11 is 0. The second kappa shape index (κ2) is 5.57. The zero-order valence-electron chi connectivity index (χ0n) is 12.7. The summed E-state index contributed by atoms with van der Waals surface area (Å²) in [5.41, 5.74) is 4.68. The number of imidazole rings is 1. The summed E-state index contributed by atoms with van der Waals surface area (Å²) in [4.78, 5) is 12.5. The lowest BCUT2D eigenvalue weighted by atomic mass is 10.1. The Morgan fingerprint density at radius 2 is 1.48 bits per heavy atom. The van der Waals surface area contributed by atoms with Gasteiger partial charge in [-0.05, 0) is 19.1 Å². The van der Waals surface area contributed by atoms with Gasteiger partial charge in [0.15, 0.2) is 5.82 Å². The lowest BCUT2D eigenvalue weighted by Crippen LogP contribution is -1.82. The van der Waals surface area contributed by atoms with Crippen LogP contribution in [0, 0.1) is 6.92 Å². The van der Waals surface area contributed by atoms with Crippen molar-refractivity contribution in [3.63, 3.8) is 0 Å². The summed E-state index contributed by atoms with van der Waals surface area (Å²) in [5, 5.41) is 0. The van der Waals surface area contributed by atoms with Gasteiger partial charge in [-0.15, -0.1) is 0 Å². The SMILES string of the molecule is Cc1[nH]c(-c2coc(-c3ccccc3)n2)nc1-c1ccccc1. The molecular weight excluding hydrogens is 286 g/mol. The number of rotatable bonds is 3. The van der Waals surface area contributed by atoms with E-state index in [1.807, 2.05) is 67.6 Å². The first kappa shape index (κ1) is 13.5. The van der Waals surface area contributed by atoms with Crippen LogP contribution in [-0.2, 0) is 0 Å². The van der Waals surface area contributed by atoms with Gasteiger partial charge in [-0.3, -0.25) is 0 Å². The summed E-state index contributed by atoms with van der Waals surface area (Å²) in [7, 11) is 0. The number of aromatic amines is 1. The molecular formula is C19H15N3O. The molecule has 0 spiro atoms. The lowest BCUT2D eigenvalue weighted by Gasteiger charge is -1.96. The third kappa shape index (κ3) is 2.55. The second-order valence-electron chi connectivity index (χ2n) is 5.33. The largest absolute Gasteiger partial charge is 0.444 e. The summed E-state index contributed by atoms with van der Waals surface area (Å²) in [6, 6.07) is 19.9. The highest BCUT2D eigenvalue weighted by Gasteiger charge is 2.14. The molecule has 0 aliphatic heterocycles. The number of H-pyrrole nitrogens is 1. The molecule has 2 heterocycles. The fourth-order valence-electron chi connectivity index (χ4n) is 2.55. The highest BCUT2D eigenvalue weighted by Crippen LogP contribution is 2.27. The maximum Gasteiger partial charge on any atom is 0.226 e. The molecule has 4 rings (SSSR count). The van der Waals surface area contributed by atoms with E-state index in [2.05, 4.69) is 15.0 Å². The molecule has 2 aromatic carbocycles. The minimum atomic E-state index is 0.593. The van der Waals surface area contributed by atoms with Gasteiger partial charge in [0.25, 0.3) is 0 Å². The first-order valence-electron chi connectivity index (χ1n) is 7.44. The average Bonchev–Trinajstić information content (AvgIpc) is 3.23. The zero-order chi connectivity index (χ0) is 15.6. The van der Waals surface area contributed by atoms with E-state index in [0.717, 1.165) is 22.5 Å². The number of nitrogens with zero attached hydrogens (tertiary/aromatic N) is 2.